The van der Waals surface area contributed by atoms with Gasteiger partial charge in [-0.05, 0) is 46.0 Å². The van der Waals surface area contributed by atoms with E-state index in [0.29, 0.717) is 10.9 Å². The summed E-state index contributed by atoms with van der Waals surface area (Å²) in [6.45, 7) is 3.81. The first kappa shape index (κ1) is 25.7. The van der Waals surface area contributed by atoms with E-state index in [4.69, 9.17) is 23.2 Å². The van der Waals surface area contributed by atoms with Crippen LogP contribution < -0.4 is 10.6 Å². The average Bonchev–Trinajstić information content (AvgIpc) is 2.70. The molecule has 0 radical (unpaired) electrons. The second kappa shape index (κ2) is 11.9. The highest BCUT2D eigenvalue weighted by Gasteiger charge is 2.31. The van der Waals surface area contributed by atoms with E-state index < -0.39 is 30.9 Å². The number of halogens is 3. The lowest BCUT2D eigenvalue weighted by Gasteiger charge is -2.24. The first-order valence-corrected chi connectivity index (χ1v) is 11.3. The first-order chi connectivity index (χ1) is 14.6. The molecule has 0 heterocycles. The number of rotatable bonds is 9. The van der Waals surface area contributed by atoms with E-state index in [1.165, 1.54) is 0 Å². The van der Waals surface area contributed by atoms with Gasteiger partial charge in [-0.3, -0.25) is 9.59 Å². The fraction of sp³-hybridized carbons (Fsp3) is 0.333. The Morgan fingerprint density at radius 3 is 2.29 bits per heavy atom. The van der Waals surface area contributed by atoms with E-state index in [2.05, 4.69) is 26.6 Å². The SMILES string of the molecule is CC(C)C[C@H](NC(=O)[C@H](Cc1ccccc1)NC(=O)c1c(Br)ccc(Cl)c1Cl)B(O)O. The van der Waals surface area contributed by atoms with Gasteiger partial charge in [-0.2, -0.15) is 0 Å². The molecule has 0 fully saturated rings. The van der Waals surface area contributed by atoms with Crippen molar-refractivity contribution in [3.05, 3.63) is 68.1 Å². The fourth-order valence-electron chi connectivity index (χ4n) is 3.07. The number of carbonyl (C=O) groups excluding carboxylic acids is 2. The third-order valence-electron chi connectivity index (χ3n) is 4.59. The Labute approximate surface area is 200 Å². The zero-order chi connectivity index (χ0) is 23.1. The molecule has 0 saturated heterocycles. The monoisotopic (exact) mass is 528 g/mol. The van der Waals surface area contributed by atoms with Crippen LogP contribution in [0.3, 0.4) is 0 Å². The topological polar surface area (TPSA) is 98.7 Å². The Balaban J connectivity index is 2.29. The maximum Gasteiger partial charge on any atom is 0.475 e. The highest BCUT2D eigenvalue weighted by molar-refractivity contribution is 9.10. The summed E-state index contributed by atoms with van der Waals surface area (Å²) in [5.74, 6) is -1.87. The number of benzene rings is 2. The molecule has 0 unspecified atom stereocenters. The van der Waals surface area contributed by atoms with Gasteiger partial charge in [-0.1, -0.05) is 67.4 Å². The highest BCUT2D eigenvalue weighted by Crippen LogP contribution is 2.31. The van der Waals surface area contributed by atoms with Crippen LogP contribution in [0.5, 0.6) is 0 Å². The van der Waals surface area contributed by atoms with Crippen molar-refractivity contribution in [1.29, 1.82) is 0 Å². The molecule has 0 spiro atoms. The standard InChI is InChI=1S/C21H24BBrCl2N2O4/c1-12(2)10-17(22(30)31)27-20(28)16(11-13-6-4-3-5-7-13)26-21(29)18-14(23)8-9-15(24)19(18)25/h3-9,12,16-17,30-31H,10-11H2,1-2H3,(H,26,29)(H,27,28)/t16-,17-/m0/s1. The largest absolute Gasteiger partial charge is 0.475 e. The predicted octanol–water partition coefficient (Wildman–Crippen LogP) is 3.64. The summed E-state index contributed by atoms with van der Waals surface area (Å²) < 4.78 is 0.432. The van der Waals surface area contributed by atoms with Gasteiger partial charge in [0.05, 0.1) is 21.5 Å². The molecule has 6 nitrogen and oxygen atoms in total. The molecule has 4 N–H and O–H groups in total. The Hall–Kier alpha value is -1.58. The van der Waals surface area contributed by atoms with Crippen molar-refractivity contribution in [2.45, 2.75) is 38.7 Å². The normalized spacial score (nSPS) is 12.9. The molecule has 166 valence electrons. The van der Waals surface area contributed by atoms with Crippen molar-refractivity contribution in [2.75, 3.05) is 0 Å². The number of hydrogen-bond acceptors (Lipinski definition) is 4. The van der Waals surface area contributed by atoms with Crippen molar-refractivity contribution in [2.24, 2.45) is 5.92 Å². The predicted molar refractivity (Wildman–Crippen MR) is 127 cm³/mol. The lowest BCUT2D eigenvalue weighted by atomic mass is 9.75. The summed E-state index contributed by atoms with van der Waals surface area (Å²) in [4.78, 5) is 26.0. The third kappa shape index (κ3) is 7.51. The van der Waals surface area contributed by atoms with E-state index in [0.717, 1.165) is 5.56 Å². The number of nitrogens with one attached hydrogen (secondary N) is 2. The second-order valence-electron chi connectivity index (χ2n) is 7.59. The van der Waals surface area contributed by atoms with Crippen LogP contribution in [0.2, 0.25) is 10.0 Å². The molecule has 2 aromatic carbocycles. The molecule has 0 aliphatic rings. The summed E-state index contributed by atoms with van der Waals surface area (Å²) in [5, 5.41) is 24.9. The summed E-state index contributed by atoms with van der Waals surface area (Å²) in [5.41, 5.74) is 0.935. The van der Waals surface area contributed by atoms with E-state index in [1.54, 1.807) is 12.1 Å². The van der Waals surface area contributed by atoms with Crippen LogP contribution in [-0.2, 0) is 11.2 Å². The maximum atomic E-state index is 13.0. The first-order valence-electron chi connectivity index (χ1n) is 9.75. The van der Waals surface area contributed by atoms with Gasteiger partial charge in [0.25, 0.3) is 5.91 Å². The number of hydrogen-bond donors (Lipinski definition) is 4. The van der Waals surface area contributed by atoms with Crippen molar-refractivity contribution in [1.82, 2.24) is 10.6 Å². The van der Waals surface area contributed by atoms with Crippen molar-refractivity contribution < 1.29 is 19.6 Å². The lowest BCUT2D eigenvalue weighted by Crippen LogP contribution is -2.55. The van der Waals surface area contributed by atoms with Gasteiger partial charge in [0, 0.05) is 10.9 Å². The lowest BCUT2D eigenvalue weighted by molar-refractivity contribution is -0.123. The van der Waals surface area contributed by atoms with Crippen LogP contribution in [-0.4, -0.2) is 41.0 Å². The smallest absolute Gasteiger partial charge is 0.426 e. The van der Waals surface area contributed by atoms with Crippen LogP contribution in [0.1, 0.15) is 36.2 Å². The molecule has 0 bridgehead atoms. The molecule has 0 saturated carbocycles. The van der Waals surface area contributed by atoms with E-state index in [1.807, 2.05) is 44.2 Å². The number of amides is 2. The van der Waals surface area contributed by atoms with Gasteiger partial charge in [0.15, 0.2) is 0 Å². The van der Waals surface area contributed by atoms with E-state index >= 15 is 0 Å². The maximum absolute atomic E-state index is 13.0. The minimum atomic E-state index is -1.73. The van der Waals surface area contributed by atoms with Crippen LogP contribution in [0.25, 0.3) is 0 Å². The molecule has 2 rings (SSSR count). The van der Waals surface area contributed by atoms with Crippen LogP contribution in [0, 0.1) is 5.92 Å². The van der Waals surface area contributed by atoms with Gasteiger partial charge in [0.1, 0.15) is 6.04 Å². The van der Waals surface area contributed by atoms with Crippen molar-refractivity contribution in [3.63, 3.8) is 0 Å². The molecule has 2 aromatic rings. The molecule has 0 aromatic heterocycles. The van der Waals surface area contributed by atoms with Crippen LogP contribution >= 0.6 is 39.1 Å². The minimum Gasteiger partial charge on any atom is -0.426 e. The minimum absolute atomic E-state index is 0.0656. The summed E-state index contributed by atoms with van der Waals surface area (Å²) in [7, 11) is -1.73. The van der Waals surface area contributed by atoms with Crippen LogP contribution in [0.15, 0.2) is 46.9 Å². The average molecular weight is 530 g/mol. The second-order valence-corrected chi connectivity index (χ2v) is 9.23. The van der Waals surface area contributed by atoms with E-state index in [-0.39, 0.29) is 27.9 Å². The summed E-state index contributed by atoms with van der Waals surface area (Å²) in [6, 6.07) is 11.3. The highest BCUT2D eigenvalue weighted by atomic mass is 79.9. The van der Waals surface area contributed by atoms with Crippen LogP contribution in [0.4, 0.5) is 0 Å². The zero-order valence-corrected chi connectivity index (χ0v) is 20.2. The Morgan fingerprint density at radius 1 is 1.06 bits per heavy atom. The van der Waals surface area contributed by atoms with Gasteiger partial charge in [-0.15, -0.1) is 0 Å². The Morgan fingerprint density at radius 2 is 1.71 bits per heavy atom. The molecular weight excluding hydrogens is 506 g/mol. The molecule has 31 heavy (non-hydrogen) atoms. The molecule has 2 atom stereocenters. The summed E-state index contributed by atoms with van der Waals surface area (Å²) >= 11 is 15.5. The van der Waals surface area contributed by atoms with Gasteiger partial charge < -0.3 is 20.7 Å². The molecule has 10 heteroatoms. The molecule has 0 aliphatic heterocycles. The molecular formula is C21H24BBrCl2N2O4. The van der Waals surface area contributed by atoms with Crippen molar-refractivity contribution in [3.8, 4) is 0 Å². The van der Waals surface area contributed by atoms with Gasteiger partial charge in [-0.25, -0.2) is 0 Å². The molecule has 2 amide bonds. The Bertz CT molecular complexity index is 916. The quantitative estimate of drug-likeness (QED) is 0.294. The van der Waals surface area contributed by atoms with Crippen molar-refractivity contribution >= 4 is 58.1 Å². The van der Waals surface area contributed by atoms with Gasteiger partial charge >= 0.3 is 7.12 Å². The molecule has 0 aliphatic carbocycles. The Kier molecular flexibility index (Phi) is 9.84. The summed E-state index contributed by atoms with van der Waals surface area (Å²) in [6.07, 6.45) is 0.561. The van der Waals surface area contributed by atoms with E-state index in [9.17, 15) is 19.6 Å². The third-order valence-corrected chi connectivity index (χ3v) is 6.05. The zero-order valence-electron chi connectivity index (χ0n) is 17.1. The fourth-order valence-corrected chi connectivity index (χ4v) is 4.10. The number of carbonyl (C=O) groups is 2. The van der Waals surface area contributed by atoms with Gasteiger partial charge in [0.2, 0.25) is 5.91 Å².